The lowest BCUT2D eigenvalue weighted by Gasteiger charge is -2.11. The molecule has 0 saturated heterocycles. The molecule has 0 fully saturated rings. The highest BCUT2D eigenvalue weighted by molar-refractivity contribution is 8.00. The first-order valence-electron chi connectivity index (χ1n) is 7.96. The first-order chi connectivity index (χ1) is 12.9. The zero-order valence-electron chi connectivity index (χ0n) is 14.5. The minimum absolute atomic E-state index is 0.0589. The number of carbonyl (C=O) groups excluding carboxylic acids is 3. The van der Waals surface area contributed by atoms with Gasteiger partial charge in [0, 0.05) is 10.5 Å². The number of terminal acetylenes is 1. The van der Waals surface area contributed by atoms with Crippen LogP contribution >= 0.6 is 11.8 Å². The summed E-state index contributed by atoms with van der Waals surface area (Å²) in [5, 5.41) is 5.17. The van der Waals surface area contributed by atoms with Crippen molar-refractivity contribution in [1.82, 2.24) is 5.32 Å². The van der Waals surface area contributed by atoms with Crippen molar-refractivity contribution in [3.63, 3.8) is 0 Å². The van der Waals surface area contributed by atoms with Gasteiger partial charge in [0.05, 0.1) is 23.5 Å². The number of nitrogens with one attached hydrogen (secondary N) is 2. The Morgan fingerprint density at radius 2 is 1.93 bits per heavy atom. The van der Waals surface area contributed by atoms with Crippen molar-refractivity contribution in [2.24, 2.45) is 0 Å². The van der Waals surface area contributed by atoms with Crippen LogP contribution < -0.4 is 10.6 Å². The van der Waals surface area contributed by atoms with Crippen LogP contribution in [-0.4, -0.2) is 29.9 Å². The topological polar surface area (TPSA) is 75.3 Å². The van der Waals surface area contributed by atoms with E-state index in [1.807, 2.05) is 0 Å². The van der Waals surface area contributed by atoms with Crippen molar-refractivity contribution < 1.29 is 18.8 Å². The van der Waals surface area contributed by atoms with E-state index >= 15 is 0 Å². The van der Waals surface area contributed by atoms with Crippen LogP contribution in [0.5, 0.6) is 0 Å². The van der Waals surface area contributed by atoms with Gasteiger partial charge < -0.3 is 10.6 Å². The molecular formula is C20H17FN2O3S. The van der Waals surface area contributed by atoms with Crippen molar-refractivity contribution in [2.45, 2.75) is 11.8 Å². The largest absolute Gasteiger partial charge is 0.341 e. The molecule has 2 aromatic rings. The van der Waals surface area contributed by atoms with Gasteiger partial charge in [0.25, 0.3) is 5.91 Å². The highest BCUT2D eigenvalue weighted by atomic mass is 32.2. The number of halogens is 1. The van der Waals surface area contributed by atoms with Crippen LogP contribution in [0.2, 0.25) is 0 Å². The molecule has 0 aromatic heterocycles. The average Bonchev–Trinajstić information content (AvgIpc) is 2.65. The number of para-hydroxylation sites is 1. The molecular weight excluding hydrogens is 367 g/mol. The second-order valence-corrected chi connectivity index (χ2v) is 6.49. The number of hydrogen-bond donors (Lipinski definition) is 2. The maximum Gasteiger partial charge on any atom is 0.254 e. The number of ketones is 1. The average molecular weight is 384 g/mol. The normalized spacial score (nSPS) is 9.96. The molecule has 0 aliphatic heterocycles. The third-order valence-corrected chi connectivity index (χ3v) is 4.54. The lowest BCUT2D eigenvalue weighted by atomic mass is 10.1. The molecule has 2 aromatic carbocycles. The first-order valence-corrected chi connectivity index (χ1v) is 8.94. The van der Waals surface area contributed by atoms with Gasteiger partial charge >= 0.3 is 0 Å². The molecule has 0 bridgehead atoms. The SMILES string of the molecule is C#CCNC(=O)c1ccccc1NC(=O)CSc1ccc(C(C)=O)cc1F. The molecule has 0 saturated carbocycles. The monoisotopic (exact) mass is 384 g/mol. The van der Waals surface area contributed by atoms with Gasteiger partial charge in [0.2, 0.25) is 5.91 Å². The smallest absolute Gasteiger partial charge is 0.254 e. The van der Waals surface area contributed by atoms with Crippen molar-refractivity contribution in [3.05, 3.63) is 59.4 Å². The molecule has 27 heavy (non-hydrogen) atoms. The van der Waals surface area contributed by atoms with Gasteiger partial charge in [0.15, 0.2) is 5.78 Å². The summed E-state index contributed by atoms with van der Waals surface area (Å²) in [7, 11) is 0. The number of benzene rings is 2. The quantitative estimate of drug-likeness (QED) is 0.437. The van der Waals surface area contributed by atoms with E-state index in [9.17, 15) is 18.8 Å². The fraction of sp³-hybridized carbons (Fsp3) is 0.150. The van der Waals surface area contributed by atoms with E-state index in [0.717, 1.165) is 17.8 Å². The maximum absolute atomic E-state index is 14.0. The summed E-state index contributed by atoms with van der Waals surface area (Å²) in [6.07, 6.45) is 5.12. The fourth-order valence-corrected chi connectivity index (χ4v) is 2.90. The lowest BCUT2D eigenvalue weighted by molar-refractivity contribution is -0.113. The molecule has 2 amide bonds. The number of carbonyl (C=O) groups is 3. The maximum atomic E-state index is 14.0. The minimum Gasteiger partial charge on any atom is -0.341 e. The summed E-state index contributed by atoms with van der Waals surface area (Å²) in [4.78, 5) is 35.8. The zero-order chi connectivity index (χ0) is 19.8. The summed E-state index contributed by atoms with van der Waals surface area (Å²) in [5.41, 5.74) is 0.890. The molecule has 5 nitrogen and oxygen atoms in total. The van der Waals surface area contributed by atoms with Gasteiger partial charge in [0.1, 0.15) is 5.82 Å². The van der Waals surface area contributed by atoms with E-state index in [-0.39, 0.29) is 34.1 Å². The first kappa shape index (κ1) is 20.2. The van der Waals surface area contributed by atoms with E-state index in [2.05, 4.69) is 16.6 Å². The molecule has 0 radical (unpaired) electrons. The Balaban J connectivity index is 2.02. The number of anilines is 1. The number of hydrogen-bond acceptors (Lipinski definition) is 4. The van der Waals surface area contributed by atoms with Gasteiger partial charge in [-0.1, -0.05) is 24.1 Å². The summed E-state index contributed by atoms with van der Waals surface area (Å²) in [5.74, 6) is 0.654. The highest BCUT2D eigenvalue weighted by Crippen LogP contribution is 2.23. The van der Waals surface area contributed by atoms with Crippen molar-refractivity contribution in [1.29, 1.82) is 0 Å². The molecule has 0 heterocycles. The van der Waals surface area contributed by atoms with Gasteiger partial charge in [-0.15, -0.1) is 18.2 Å². The molecule has 0 unspecified atom stereocenters. The zero-order valence-corrected chi connectivity index (χ0v) is 15.4. The standard InChI is InChI=1S/C20H17FN2O3S/c1-3-10-22-20(26)15-6-4-5-7-17(15)23-19(25)12-27-18-9-8-14(13(2)24)11-16(18)21/h1,4-9,11H,10,12H2,2H3,(H,22,26)(H,23,25). The van der Waals surface area contributed by atoms with Crippen LogP contribution in [0.25, 0.3) is 0 Å². The van der Waals surface area contributed by atoms with E-state index in [1.54, 1.807) is 24.3 Å². The molecule has 0 aliphatic carbocycles. The Morgan fingerprint density at radius 1 is 1.19 bits per heavy atom. The summed E-state index contributed by atoms with van der Waals surface area (Å²) >= 11 is 0.998. The number of amides is 2. The van der Waals surface area contributed by atoms with Crippen LogP contribution in [0.15, 0.2) is 47.4 Å². The summed E-state index contributed by atoms with van der Waals surface area (Å²) < 4.78 is 14.0. The second kappa shape index (κ2) is 9.55. The van der Waals surface area contributed by atoms with Crippen LogP contribution in [0.4, 0.5) is 10.1 Å². The number of thioether (sulfide) groups is 1. The van der Waals surface area contributed by atoms with E-state index < -0.39 is 17.6 Å². The van der Waals surface area contributed by atoms with Gasteiger partial charge in [-0.05, 0) is 31.2 Å². The Labute approximate surface area is 160 Å². The third-order valence-electron chi connectivity index (χ3n) is 3.49. The summed E-state index contributed by atoms with van der Waals surface area (Å²) in [6.45, 7) is 1.43. The Kier molecular flexibility index (Phi) is 7.15. The fourth-order valence-electron chi connectivity index (χ4n) is 2.18. The Hall–Kier alpha value is -3.11. The highest BCUT2D eigenvalue weighted by Gasteiger charge is 2.14. The summed E-state index contributed by atoms with van der Waals surface area (Å²) in [6, 6.07) is 10.6. The molecule has 0 atom stereocenters. The van der Waals surface area contributed by atoms with Crippen molar-refractivity contribution in [2.75, 3.05) is 17.6 Å². The lowest BCUT2D eigenvalue weighted by Crippen LogP contribution is -2.25. The molecule has 7 heteroatoms. The van der Waals surface area contributed by atoms with E-state index in [0.29, 0.717) is 5.69 Å². The predicted octanol–water partition coefficient (Wildman–Crippen LogP) is 3.12. The third kappa shape index (κ3) is 5.69. The number of Topliss-reactive ketones (excluding diaryl/α,β-unsaturated/α-hetero) is 1. The Morgan fingerprint density at radius 3 is 2.59 bits per heavy atom. The van der Waals surface area contributed by atoms with E-state index in [4.69, 9.17) is 6.42 Å². The molecule has 2 rings (SSSR count). The molecule has 138 valence electrons. The predicted molar refractivity (Wildman–Crippen MR) is 103 cm³/mol. The van der Waals surface area contributed by atoms with Crippen molar-refractivity contribution in [3.8, 4) is 12.3 Å². The van der Waals surface area contributed by atoms with Gasteiger partial charge in [-0.25, -0.2) is 4.39 Å². The van der Waals surface area contributed by atoms with Gasteiger partial charge in [-0.3, -0.25) is 14.4 Å². The minimum atomic E-state index is -0.561. The molecule has 2 N–H and O–H groups in total. The van der Waals surface area contributed by atoms with Crippen LogP contribution in [0, 0.1) is 18.2 Å². The molecule has 0 spiro atoms. The van der Waals surface area contributed by atoms with E-state index in [1.165, 1.54) is 19.1 Å². The van der Waals surface area contributed by atoms with Crippen LogP contribution in [-0.2, 0) is 4.79 Å². The van der Waals surface area contributed by atoms with Crippen molar-refractivity contribution >= 4 is 35.0 Å². The molecule has 0 aliphatic rings. The van der Waals surface area contributed by atoms with Crippen LogP contribution in [0.1, 0.15) is 27.6 Å². The van der Waals surface area contributed by atoms with Gasteiger partial charge in [-0.2, -0.15) is 0 Å². The second-order valence-electron chi connectivity index (χ2n) is 5.47. The van der Waals surface area contributed by atoms with Crippen LogP contribution in [0.3, 0.4) is 0 Å². The number of rotatable bonds is 7. The Bertz CT molecular complexity index is 922.